The van der Waals surface area contributed by atoms with Crippen molar-refractivity contribution in [2.75, 3.05) is 42.8 Å². The van der Waals surface area contributed by atoms with Gasteiger partial charge in [-0.05, 0) is 6.42 Å². The molecule has 0 spiro atoms. The van der Waals surface area contributed by atoms with E-state index >= 15 is 0 Å². The van der Waals surface area contributed by atoms with Crippen molar-refractivity contribution in [2.45, 2.75) is 25.6 Å². The van der Waals surface area contributed by atoms with Gasteiger partial charge in [-0.1, -0.05) is 6.92 Å². The lowest BCUT2D eigenvalue weighted by atomic mass is 10.4. The minimum Gasteiger partial charge on any atom is -0.396 e. The molecule has 0 aliphatic carbocycles. The smallest absolute Gasteiger partial charge is 0.0807 e. The summed E-state index contributed by atoms with van der Waals surface area (Å²) >= 11 is 3.09. The molecule has 0 saturated carbocycles. The summed E-state index contributed by atoms with van der Waals surface area (Å²) < 4.78 is 4.86. The van der Waals surface area contributed by atoms with Gasteiger partial charge in [-0.15, -0.1) is 0 Å². The zero-order chi connectivity index (χ0) is 12.9. The molecule has 0 aromatic heterocycles. The Morgan fingerprint density at radius 1 is 1.18 bits per heavy atom. The van der Waals surface area contributed by atoms with Crippen LogP contribution in [0.1, 0.15) is 13.3 Å². The maximum Gasteiger partial charge on any atom is 0.0807 e. The summed E-state index contributed by atoms with van der Waals surface area (Å²) in [7, 11) is 0. The van der Waals surface area contributed by atoms with Gasteiger partial charge >= 0.3 is 0 Å². The molecule has 1 heterocycles. The molecule has 17 heavy (non-hydrogen) atoms. The maximum absolute atomic E-state index is 9.30. The molecule has 1 saturated heterocycles. The topological polar surface area (TPSA) is 73.2 Å². The minimum absolute atomic E-state index is 0.168. The summed E-state index contributed by atoms with van der Waals surface area (Å²) in [5.74, 6) is 2.70. The predicted octanol–water partition coefficient (Wildman–Crippen LogP) is 0.594. The van der Waals surface area contributed by atoms with Crippen LogP contribution in [-0.2, 0) is 4.74 Å². The summed E-state index contributed by atoms with van der Waals surface area (Å²) in [6.07, 6.45) is 1.51. The first-order valence-corrected chi connectivity index (χ1v) is 8.22. The Morgan fingerprint density at radius 2 is 1.65 bits per heavy atom. The molecule has 0 radical (unpaired) electrons. The van der Waals surface area contributed by atoms with E-state index in [0.29, 0.717) is 29.1 Å². The normalized spacial score (nSPS) is 17.8. The maximum atomic E-state index is 9.30. The standard InChI is InChI=1S/C7H16O3S2.C4H8O/c8-1-3-11-5-7(10)6-12-4-2-9;1-2-4-3-5-4/h7-10H,1-6H2;4H,2-3H2,1H3. The van der Waals surface area contributed by atoms with Crippen molar-refractivity contribution in [1.82, 2.24) is 0 Å². The van der Waals surface area contributed by atoms with Crippen LogP contribution in [0.4, 0.5) is 0 Å². The number of hydrogen-bond donors (Lipinski definition) is 3. The van der Waals surface area contributed by atoms with E-state index in [0.717, 1.165) is 6.61 Å². The number of ether oxygens (including phenoxy) is 1. The van der Waals surface area contributed by atoms with Crippen LogP contribution in [0.2, 0.25) is 0 Å². The molecule has 0 bridgehead atoms. The molecule has 1 atom stereocenters. The van der Waals surface area contributed by atoms with Crippen molar-refractivity contribution in [3.05, 3.63) is 0 Å². The van der Waals surface area contributed by atoms with Crippen LogP contribution >= 0.6 is 23.5 Å². The summed E-state index contributed by atoms with van der Waals surface area (Å²) in [5.41, 5.74) is 0. The molecule has 4 nitrogen and oxygen atoms in total. The highest BCUT2D eigenvalue weighted by atomic mass is 32.2. The molecule has 1 aliphatic heterocycles. The Labute approximate surface area is 112 Å². The highest BCUT2D eigenvalue weighted by Gasteiger charge is 2.18. The fourth-order valence-corrected chi connectivity index (χ4v) is 2.44. The monoisotopic (exact) mass is 284 g/mol. The van der Waals surface area contributed by atoms with E-state index in [1.54, 1.807) is 23.5 Å². The number of thioether (sulfide) groups is 2. The Hall–Kier alpha value is 0.540. The third-order valence-electron chi connectivity index (χ3n) is 1.95. The second-order valence-electron chi connectivity index (χ2n) is 3.61. The van der Waals surface area contributed by atoms with Gasteiger partial charge in [-0.2, -0.15) is 23.5 Å². The molecule has 1 aliphatic rings. The van der Waals surface area contributed by atoms with Crippen LogP contribution in [0.15, 0.2) is 0 Å². The molecule has 1 rings (SSSR count). The first-order chi connectivity index (χ1) is 8.24. The first-order valence-electron chi connectivity index (χ1n) is 5.91. The van der Waals surface area contributed by atoms with Crippen LogP contribution in [0, 0.1) is 0 Å². The van der Waals surface area contributed by atoms with Gasteiger partial charge in [0.2, 0.25) is 0 Å². The molecule has 3 N–H and O–H groups in total. The van der Waals surface area contributed by atoms with Gasteiger partial charge in [0.25, 0.3) is 0 Å². The molecule has 0 aromatic rings. The highest BCUT2D eigenvalue weighted by Crippen LogP contribution is 2.11. The van der Waals surface area contributed by atoms with Crippen molar-refractivity contribution < 1.29 is 20.1 Å². The number of rotatable bonds is 9. The molecule has 1 unspecified atom stereocenters. The van der Waals surface area contributed by atoms with E-state index in [2.05, 4.69) is 6.92 Å². The van der Waals surface area contributed by atoms with Gasteiger partial charge in [-0.3, -0.25) is 0 Å². The van der Waals surface area contributed by atoms with Crippen LogP contribution < -0.4 is 0 Å². The quantitative estimate of drug-likeness (QED) is 0.425. The van der Waals surface area contributed by atoms with E-state index in [9.17, 15) is 5.11 Å². The fourth-order valence-electron chi connectivity index (χ4n) is 0.920. The molecule has 6 heteroatoms. The Morgan fingerprint density at radius 3 is 1.88 bits per heavy atom. The average Bonchev–Trinajstić information content (AvgIpc) is 3.14. The molecular weight excluding hydrogens is 260 g/mol. The van der Waals surface area contributed by atoms with E-state index in [1.807, 2.05) is 0 Å². The van der Waals surface area contributed by atoms with Crippen LogP contribution in [0.5, 0.6) is 0 Å². The van der Waals surface area contributed by atoms with Gasteiger partial charge in [0, 0.05) is 23.0 Å². The van der Waals surface area contributed by atoms with Gasteiger partial charge in [0.05, 0.1) is 32.0 Å². The lowest BCUT2D eigenvalue weighted by Crippen LogP contribution is -2.14. The van der Waals surface area contributed by atoms with E-state index in [4.69, 9.17) is 14.9 Å². The van der Waals surface area contributed by atoms with Crippen LogP contribution in [0.25, 0.3) is 0 Å². The third-order valence-corrected chi connectivity index (χ3v) is 4.13. The van der Waals surface area contributed by atoms with Gasteiger partial charge in [0.1, 0.15) is 0 Å². The van der Waals surface area contributed by atoms with E-state index in [1.165, 1.54) is 6.42 Å². The van der Waals surface area contributed by atoms with Crippen molar-refractivity contribution in [3.63, 3.8) is 0 Å². The van der Waals surface area contributed by atoms with Gasteiger partial charge in [0.15, 0.2) is 0 Å². The Balaban J connectivity index is 0.000000419. The second-order valence-corrected chi connectivity index (χ2v) is 5.91. The number of epoxide rings is 1. The number of aliphatic hydroxyl groups is 3. The summed E-state index contributed by atoms with van der Waals surface area (Å²) in [4.78, 5) is 0. The molecular formula is C11H24O4S2. The first kappa shape index (κ1) is 17.5. The number of hydrogen-bond acceptors (Lipinski definition) is 6. The second kappa shape index (κ2) is 13.0. The van der Waals surface area contributed by atoms with Crippen molar-refractivity contribution in [1.29, 1.82) is 0 Å². The zero-order valence-corrected chi connectivity index (χ0v) is 12.0. The van der Waals surface area contributed by atoms with E-state index in [-0.39, 0.29) is 19.3 Å². The Bertz CT molecular complexity index is 146. The largest absolute Gasteiger partial charge is 0.396 e. The minimum atomic E-state index is -0.321. The third kappa shape index (κ3) is 14.5. The lowest BCUT2D eigenvalue weighted by molar-refractivity contribution is 0.225. The van der Waals surface area contributed by atoms with Gasteiger partial charge < -0.3 is 20.1 Å². The molecule has 0 aromatic carbocycles. The summed E-state index contributed by atoms with van der Waals surface area (Å²) in [6, 6.07) is 0. The summed E-state index contributed by atoms with van der Waals surface area (Å²) in [6.45, 7) is 3.48. The highest BCUT2D eigenvalue weighted by molar-refractivity contribution is 8.00. The zero-order valence-electron chi connectivity index (χ0n) is 10.4. The van der Waals surface area contributed by atoms with E-state index < -0.39 is 0 Å². The van der Waals surface area contributed by atoms with Crippen molar-refractivity contribution in [3.8, 4) is 0 Å². The van der Waals surface area contributed by atoms with Gasteiger partial charge in [-0.25, -0.2) is 0 Å². The predicted molar refractivity (Wildman–Crippen MR) is 74.9 cm³/mol. The summed E-state index contributed by atoms with van der Waals surface area (Å²) in [5, 5.41) is 26.2. The molecule has 0 amide bonds. The fraction of sp³-hybridized carbons (Fsp3) is 1.00. The average molecular weight is 284 g/mol. The van der Waals surface area contributed by atoms with Crippen molar-refractivity contribution in [2.24, 2.45) is 0 Å². The SMILES string of the molecule is CCC1CO1.OCCSCC(O)CSCCO. The number of aliphatic hydroxyl groups excluding tert-OH is 3. The molecule has 104 valence electrons. The van der Waals surface area contributed by atoms with Crippen LogP contribution in [0.3, 0.4) is 0 Å². The van der Waals surface area contributed by atoms with Crippen LogP contribution in [-0.4, -0.2) is 70.4 Å². The van der Waals surface area contributed by atoms with Crippen molar-refractivity contribution >= 4 is 23.5 Å². The Kier molecular flexibility index (Phi) is 13.4. The lowest BCUT2D eigenvalue weighted by Gasteiger charge is -2.08. The molecule has 1 fully saturated rings.